The van der Waals surface area contributed by atoms with Crippen LogP contribution in [-0.4, -0.2) is 47.0 Å². The van der Waals surface area contributed by atoms with Crippen LogP contribution in [0.4, 0.5) is 5.82 Å². The first-order valence-electron chi connectivity index (χ1n) is 8.94. The molecule has 0 aliphatic carbocycles. The van der Waals surface area contributed by atoms with Crippen molar-refractivity contribution >= 4 is 50.6 Å². The number of pyridine rings is 1. The monoisotopic (exact) mass is 476 g/mol. The van der Waals surface area contributed by atoms with Gasteiger partial charge in [0.2, 0.25) is 5.91 Å². The molecular weight excluding hydrogens is 460 g/mol. The minimum absolute atomic E-state index is 0.109. The van der Waals surface area contributed by atoms with Gasteiger partial charge in [0, 0.05) is 47.8 Å². The molecule has 3 heterocycles. The van der Waals surface area contributed by atoms with Crippen LogP contribution in [0.1, 0.15) is 5.69 Å². The van der Waals surface area contributed by atoms with Gasteiger partial charge >= 0.3 is 0 Å². The van der Waals surface area contributed by atoms with Crippen LogP contribution in [0.15, 0.2) is 52.4 Å². The van der Waals surface area contributed by atoms with E-state index in [0.29, 0.717) is 24.5 Å². The van der Waals surface area contributed by atoms with E-state index in [1.54, 1.807) is 17.5 Å². The van der Waals surface area contributed by atoms with Crippen LogP contribution in [0, 0.1) is 0 Å². The normalized spacial score (nSPS) is 14.4. The van der Waals surface area contributed by atoms with E-state index in [2.05, 4.69) is 30.8 Å². The molecule has 0 saturated carbocycles. The third-order valence-electron chi connectivity index (χ3n) is 4.63. The molecule has 8 heteroatoms. The predicted octanol–water partition coefficient (Wildman–Crippen LogP) is 4.51. The number of hydrogen-bond donors (Lipinski definition) is 0. The van der Waals surface area contributed by atoms with Gasteiger partial charge in [0.05, 0.1) is 17.1 Å². The topological polar surface area (TPSA) is 49.3 Å². The maximum atomic E-state index is 12.7. The molecule has 0 radical (unpaired) electrons. The zero-order valence-electron chi connectivity index (χ0n) is 15.0. The fraction of sp³-hybridized carbons (Fsp3) is 0.250. The van der Waals surface area contributed by atoms with Gasteiger partial charge in [-0.3, -0.25) is 4.79 Å². The molecule has 5 nitrogen and oxygen atoms in total. The zero-order valence-corrected chi connectivity index (χ0v) is 18.2. The summed E-state index contributed by atoms with van der Waals surface area (Å²) in [6.07, 6.45) is 2.07. The molecule has 28 heavy (non-hydrogen) atoms. The van der Waals surface area contributed by atoms with Crippen molar-refractivity contribution in [2.45, 2.75) is 6.42 Å². The molecule has 0 atom stereocenters. The highest BCUT2D eigenvalue weighted by Gasteiger charge is 2.23. The number of piperazine rings is 1. The number of hydrogen-bond acceptors (Lipinski definition) is 5. The molecular formula is C20H18BrClN4OS. The fourth-order valence-electron chi connectivity index (χ4n) is 3.19. The number of benzene rings is 1. The van der Waals surface area contributed by atoms with Crippen molar-refractivity contribution < 1.29 is 4.79 Å². The van der Waals surface area contributed by atoms with E-state index in [0.717, 1.165) is 39.6 Å². The van der Waals surface area contributed by atoms with Crippen molar-refractivity contribution in [3.8, 4) is 10.6 Å². The van der Waals surface area contributed by atoms with Crippen LogP contribution in [-0.2, 0) is 11.2 Å². The van der Waals surface area contributed by atoms with Crippen molar-refractivity contribution in [1.29, 1.82) is 0 Å². The molecule has 3 aromatic rings. The molecule has 1 amide bonds. The van der Waals surface area contributed by atoms with Gasteiger partial charge in [0.25, 0.3) is 0 Å². The minimum atomic E-state index is 0.109. The lowest BCUT2D eigenvalue weighted by atomic mass is 10.2. The number of rotatable bonds is 4. The Kier molecular flexibility index (Phi) is 5.94. The number of thiazole rings is 1. The van der Waals surface area contributed by atoms with E-state index in [-0.39, 0.29) is 5.91 Å². The number of amides is 1. The van der Waals surface area contributed by atoms with Gasteiger partial charge in [0.1, 0.15) is 10.8 Å². The lowest BCUT2D eigenvalue weighted by Crippen LogP contribution is -2.49. The van der Waals surface area contributed by atoms with E-state index in [4.69, 9.17) is 11.6 Å². The molecule has 1 aromatic carbocycles. The predicted molar refractivity (Wildman–Crippen MR) is 117 cm³/mol. The summed E-state index contributed by atoms with van der Waals surface area (Å²) in [5, 5.41) is 3.54. The maximum Gasteiger partial charge on any atom is 0.228 e. The van der Waals surface area contributed by atoms with E-state index in [1.807, 2.05) is 46.7 Å². The van der Waals surface area contributed by atoms with E-state index < -0.39 is 0 Å². The number of nitrogens with zero attached hydrogens (tertiary/aromatic N) is 4. The second kappa shape index (κ2) is 8.59. The Labute approximate surface area is 181 Å². The van der Waals surface area contributed by atoms with Crippen LogP contribution in [0.5, 0.6) is 0 Å². The van der Waals surface area contributed by atoms with Crippen molar-refractivity contribution in [3.05, 3.63) is 63.2 Å². The Bertz CT molecular complexity index is 988. The first kappa shape index (κ1) is 19.4. The third-order valence-corrected chi connectivity index (χ3v) is 6.36. The molecule has 1 aliphatic rings. The average Bonchev–Trinajstić information content (AvgIpc) is 3.17. The summed E-state index contributed by atoms with van der Waals surface area (Å²) in [4.78, 5) is 25.7. The molecule has 2 aromatic heterocycles. The molecule has 4 rings (SSSR count). The van der Waals surface area contributed by atoms with E-state index >= 15 is 0 Å². The summed E-state index contributed by atoms with van der Waals surface area (Å²) in [6.45, 7) is 2.77. The molecule has 0 spiro atoms. The lowest BCUT2D eigenvalue weighted by Gasteiger charge is -2.35. The Morgan fingerprint density at radius 2 is 2.00 bits per heavy atom. The lowest BCUT2D eigenvalue weighted by molar-refractivity contribution is -0.130. The van der Waals surface area contributed by atoms with Gasteiger partial charge in [-0.15, -0.1) is 11.3 Å². The van der Waals surface area contributed by atoms with E-state index in [9.17, 15) is 4.79 Å². The first-order valence-corrected chi connectivity index (χ1v) is 11.0. The highest BCUT2D eigenvalue weighted by atomic mass is 79.9. The largest absolute Gasteiger partial charge is 0.352 e. The van der Waals surface area contributed by atoms with Crippen molar-refractivity contribution in [2.24, 2.45) is 0 Å². The second-order valence-corrected chi connectivity index (χ2v) is 8.69. The molecule has 0 unspecified atom stereocenters. The van der Waals surface area contributed by atoms with Crippen molar-refractivity contribution in [3.63, 3.8) is 0 Å². The number of aromatic nitrogens is 2. The number of carbonyl (C=O) groups excluding carboxylic acids is 1. The molecule has 1 fully saturated rings. The third kappa shape index (κ3) is 4.37. The summed E-state index contributed by atoms with van der Waals surface area (Å²) >= 11 is 11.3. The number of carbonyl (C=O) groups is 1. The quantitative estimate of drug-likeness (QED) is 0.555. The van der Waals surface area contributed by atoms with Crippen LogP contribution in [0.3, 0.4) is 0 Å². The molecule has 0 bridgehead atoms. The van der Waals surface area contributed by atoms with Crippen LogP contribution in [0.25, 0.3) is 10.6 Å². The standard InChI is InChI=1S/C20H18BrClN4OS/c21-15-4-1-3-14(11-15)20-24-16(13-28-20)12-18(27)25-7-9-26(10-8-25)19-17(22)5-2-6-23-19/h1-6,11,13H,7-10,12H2. The highest BCUT2D eigenvalue weighted by molar-refractivity contribution is 9.10. The summed E-state index contributed by atoms with van der Waals surface area (Å²) in [7, 11) is 0. The Balaban J connectivity index is 1.36. The zero-order chi connectivity index (χ0) is 19.5. The van der Waals surface area contributed by atoms with Gasteiger partial charge in [-0.25, -0.2) is 9.97 Å². The van der Waals surface area contributed by atoms with E-state index in [1.165, 1.54) is 0 Å². The summed E-state index contributed by atoms with van der Waals surface area (Å²) < 4.78 is 1.02. The molecule has 0 N–H and O–H groups in total. The molecule has 1 saturated heterocycles. The fourth-order valence-corrected chi connectivity index (χ4v) is 4.64. The summed E-state index contributed by atoms with van der Waals surface area (Å²) in [6, 6.07) is 11.7. The minimum Gasteiger partial charge on any atom is -0.352 e. The van der Waals surface area contributed by atoms with Gasteiger partial charge < -0.3 is 9.80 Å². The van der Waals surface area contributed by atoms with Crippen LogP contribution in [0.2, 0.25) is 5.02 Å². The maximum absolute atomic E-state index is 12.7. The Hall–Kier alpha value is -1.96. The van der Waals surface area contributed by atoms with Crippen LogP contribution >= 0.6 is 38.9 Å². The summed E-state index contributed by atoms with van der Waals surface area (Å²) in [5.74, 6) is 0.896. The smallest absolute Gasteiger partial charge is 0.228 e. The summed E-state index contributed by atoms with van der Waals surface area (Å²) in [5.41, 5.74) is 1.87. The van der Waals surface area contributed by atoms with Crippen molar-refractivity contribution in [2.75, 3.05) is 31.1 Å². The van der Waals surface area contributed by atoms with Gasteiger partial charge in [-0.2, -0.15) is 0 Å². The highest BCUT2D eigenvalue weighted by Crippen LogP contribution is 2.27. The molecule has 1 aliphatic heterocycles. The first-order chi connectivity index (χ1) is 13.6. The van der Waals surface area contributed by atoms with Crippen LogP contribution < -0.4 is 4.90 Å². The number of halogens is 2. The van der Waals surface area contributed by atoms with Gasteiger partial charge in [0.15, 0.2) is 0 Å². The van der Waals surface area contributed by atoms with Crippen molar-refractivity contribution in [1.82, 2.24) is 14.9 Å². The van der Waals surface area contributed by atoms with Gasteiger partial charge in [-0.05, 0) is 24.3 Å². The average molecular weight is 478 g/mol. The Morgan fingerprint density at radius 1 is 1.18 bits per heavy atom. The number of anilines is 1. The molecule has 144 valence electrons. The SMILES string of the molecule is O=C(Cc1csc(-c2cccc(Br)c2)n1)N1CCN(c2ncccc2Cl)CC1. The Morgan fingerprint density at radius 3 is 2.75 bits per heavy atom. The van der Waals surface area contributed by atoms with Gasteiger partial charge in [-0.1, -0.05) is 39.7 Å². The second-order valence-electron chi connectivity index (χ2n) is 6.51.